The van der Waals surface area contributed by atoms with Crippen LogP contribution < -0.4 is 10.0 Å². The molecule has 0 saturated carbocycles. The van der Waals surface area contributed by atoms with Gasteiger partial charge in [0.2, 0.25) is 0 Å². The van der Waals surface area contributed by atoms with E-state index in [4.69, 9.17) is 16.3 Å². The summed E-state index contributed by atoms with van der Waals surface area (Å²) in [5.41, 5.74) is 3.60. The molecule has 0 unspecified atom stereocenters. The van der Waals surface area contributed by atoms with Crippen LogP contribution in [0.25, 0.3) is 0 Å². The van der Waals surface area contributed by atoms with Crippen molar-refractivity contribution in [2.45, 2.75) is 44.4 Å². The molecule has 7 nitrogen and oxygen atoms in total. The van der Waals surface area contributed by atoms with Crippen LogP contribution in [0.2, 0.25) is 5.02 Å². The number of rotatable bonds is 6. The van der Waals surface area contributed by atoms with Gasteiger partial charge >= 0.3 is 5.97 Å². The summed E-state index contributed by atoms with van der Waals surface area (Å²) < 4.78 is 33.7. The monoisotopic (exact) mass is 532 g/mol. The predicted molar refractivity (Wildman–Crippen MR) is 138 cm³/mol. The van der Waals surface area contributed by atoms with E-state index in [-0.39, 0.29) is 15.5 Å². The molecule has 0 fully saturated rings. The number of ether oxygens (including phenoxy) is 1. The molecule has 2 N–H and O–H groups in total. The Balaban J connectivity index is 1.64. The van der Waals surface area contributed by atoms with Gasteiger partial charge in [0.1, 0.15) is 9.90 Å². The summed E-state index contributed by atoms with van der Waals surface area (Å²) >= 11 is 7.58. The first-order valence-corrected chi connectivity index (χ1v) is 13.7. The van der Waals surface area contributed by atoms with Crippen LogP contribution in [0, 0.1) is 13.8 Å². The first kappa shape index (κ1) is 25.2. The van der Waals surface area contributed by atoms with Crippen LogP contribution in [0.15, 0.2) is 41.3 Å². The molecule has 2 aromatic carbocycles. The first-order chi connectivity index (χ1) is 16.6. The number of aryl methyl sites for hydroxylation is 3. The molecule has 0 atom stereocenters. The van der Waals surface area contributed by atoms with Crippen LogP contribution in [0.5, 0.6) is 0 Å². The highest BCUT2D eigenvalue weighted by Crippen LogP contribution is 2.39. The number of anilines is 2. The van der Waals surface area contributed by atoms with Gasteiger partial charge in [-0.3, -0.25) is 9.52 Å². The largest absolute Gasteiger partial charge is 0.465 e. The Labute approximate surface area is 213 Å². The second-order valence-corrected chi connectivity index (χ2v) is 11.7. The minimum absolute atomic E-state index is 0.0136. The number of esters is 1. The standard InChI is InChI=1S/C25H25ClN2O5S2/c1-14-10-15(2)12-17(11-14)28-35(31,32)21-13-16(8-9-19(21)26)23(29)27-24-22(25(30)33-3)18-6-4-5-7-20(18)34-24/h8-13,28H,4-7H2,1-3H3,(H,27,29). The van der Waals surface area contributed by atoms with Crippen molar-refractivity contribution in [2.75, 3.05) is 17.1 Å². The van der Waals surface area contributed by atoms with Gasteiger partial charge in [-0.05, 0) is 86.6 Å². The number of hydrogen-bond acceptors (Lipinski definition) is 6. The van der Waals surface area contributed by atoms with Crippen molar-refractivity contribution in [3.63, 3.8) is 0 Å². The Morgan fingerprint density at radius 3 is 2.40 bits per heavy atom. The molecule has 0 spiro atoms. The van der Waals surface area contributed by atoms with Crippen molar-refractivity contribution in [1.82, 2.24) is 0 Å². The number of halogens is 1. The number of carbonyl (C=O) groups excluding carboxylic acids is 2. The fraction of sp³-hybridized carbons (Fsp3) is 0.280. The normalized spacial score (nSPS) is 13.1. The first-order valence-electron chi connectivity index (χ1n) is 11.0. The van der Waals surface area contributed by atoms with E-state index < -0.39 is 21.9 Å². The number of amides is 1. The SMILES string of the molecule is COC(=O)c1c(NC(=O)c2ccc(Cl)c(S(=O)(=O)Nc3cc(C)cc(C)c3)c2)sc2c1CCCC2. The van der Waals surface area contributed by atoms with Crippen LogP contribution in [0.1, 0.15) is 55.1 Å². The van der Waals surface area contributed by atoms with Crippen molar-refractivity contribution >= 4 is 55.5 Å². The van der Waals surface area contributed by atoms with E-state index in [0.29, 0.717) is 16.3 Å². The lowest BCUT2D eigenvalue weighted by Gasteiger charge is -2.13. The zero-order valence-corrected chi connectivity index (χ0v) is 21.9. The number of methoxy groups -OCH3 is 1. The molecule has 10 heteroatoms. The van der Waals surface area contributed by atoms with Crippen molar-refractivity contribution in [2.24, 2.45) is 0 Å². The number of thiophene rings is 1. The molecule has 1 aromatic heterocycles. The van der Waals surface area contributed by atoms with Crippen LogP contribution in [0.3, 0.4) is 0 Å². The van der Waals surface area contributed by atoms with Gasteiger partial charge in [0.15, 0.2) is 0 Å². The van der Waals surface area contributed by atoms with Gasteiger partial charge in [0.25, 0.3) is 15.9 Å². The molecular formula is C25H25ClN2O5S2. The molecule has 1 aliphatic rings. The predicted octanol–water partition coefficient (Wildman–Crippen LogP) is 5.74. The molecule has 0 radical (unpaired) electrons. The van der Waals surface area contributed by atoms with Crippen molar-refractivity contribution < 1.29 is 22.7 Å². The summed E-state index contributed by atoms with van der Waals surface area (Å²) in [4.78, 5) is 26.4. The van der Waals surface area contributed by atoms with E-state index in [2.05, 4.69) is 10.0 Å². The Hall–Kier alpha value is -2.88. The van der Waals surface area contributed by atoms with Gasteiger partial charge in [0, 0.05) is 16.1 Å². The number of nitrogens with one attached hydrogen (secondary N) is 2. The molecule has 1 aliphatic carbocycles. The highest BCUT2D eigenvalue weighted by Gasteiger charge is 2.28. The summed E-state index contributed by atoms with van der Waals surface area (Å²) in [7, 11) is -2.76. The Morgan fingerprint density at radius 2 is 1.71 bits per heavy atom. The van der Waals surface area contributed by atoms with E-state index in [1.807, 2.05) is 19.9 Å². The molecule has 3 aromatic rings. The Kier molecular flexibility index (Phi) is 7.21. The van der Waals surface area contributed by atoms with Crippen molar-refractivity contribution in [3.8, 4) is 0 Å². The second kappa shape index (κ2) is 10.0. The maximum atomic E-state index is 13.1. The molecule has 0 saturated heterocycles. The third kappa shape index (κ3) is 5.37. The summed E-state index contributed by atoms with van der Waals surface area (Å²) in [5, 5.41) is 3.17. The smallest absolute Gasteiger partial charge is 0.341 e. The Morgan fingerprint density at radius 1 is 1.03 bits per heavy atom. The van der Waals surface area contributed by atoms with Crippen molar-refractivity contribution in [3.05, 3.63) is 74.1 Å². The minimum Gasteiger partial charge on any atom is -0.465 e. The van der Waals surface area contributed by atoms with Gasteiger partial charge in [-0.15, -0.1) is 11.3 Å². The number of hydrogen-bond donors (Lipinski definition) is 2. The topological polar surface area (TPSA) is 102 Å². The molecule has 1 amide bonds. The number of sulfonamides is 1. The number of benzene rings is 2. The zero-order valence-electron chi connectivity index (χ0n) is 19.5. The summed E-state index contributed by atoms with van der Waals surface area (Å²) in [6, 6.07) is 9.39. The summed E-state index contributed by atoms with van der Waals surface area (Å²) in [5.74, 6) is -1.05. The second-order valence-electron chi connectivity index (χ2n) is 8.49. The van der Waals surface area contributed by atoms with E-state index >= 15 is 0 Å². The minimum atomic E-state index is -4.07. The van der Waals surface area contributed by atoms with E-state index in [0.717, 1.165) is 47.3 Å². The zero-order chi connectivity index (χ0) is 25.3. The lowest BCUT2D eigenvalue weighted by molar-refractivity contribution is 0.0601. The number of carbonyl (C=O) groups is 2. The summed E-state index contributed by atoms with van der Waals surface area (Å²) in [6.07, 6.45) is 3.58. The molecular weight excluding hydrogens is 508 g/mol. The number of fused-ring (bicyclic) bond motifs is 1. The van der Waals surface area contributed by atoms with Crippen LogP contribution in [-0.2, 0) is 27.6 Å². The molecule has 0 bridgehead atoms. The molecule has 184 valence electrons. The maximum Gasteiger partial charge on any atom is 0.341 e. The quantitative estimate of drug-likeness (QED) is 0.394. The third-order valence-electron chi connectivity index (χ3n) is 5.74. The third-order valence-corrected chi connectivity index (χ3v) is 8.81. The highest BCUT2D eigenvalue weighted by atomic mass is 35.5. The van der Waals surface area contributed by atoms with Crippen molar-refractivity contribution in [1.29, 1.82) is 0 Å². The lowest BCUT2D eigenvalue weighted by Crippen LogP contribution is -2.17. The van der Waals surface area contributed by atoms with Crippen LogP contribution in [-0.4, -0.2) is 27.4 Å². The van der Waals surface area contributed by atoms with Gasteiger partial charge in [0.05, 0.1) is 17.7 Å². The fourth-order valence-corrected chi connectivity index (χ4v) is 7.08. The summed E-state index contributed by atoms with van der Waals surface area (Å²) in [6.45, 7) is 3.74. The molecule has 0 aliphatic heterocycles. The van der Waals surface area contributed by atoms with Gasteiger partial charge < -0.3 is 10.1 Å². The Bertz CT molecular complexity index is 1410. The van der Waals surface area contributed by atoms with Gasteiger partial charge in [-0.25, -0.2) is 13.2 Å². The van der Waals surface area contributed by atoms with Gasteiger partial charge in [-0.1, -0.05) is 17.7 Å². The fourth-order valence-electron chi connectivity index (χ4n) is 4.24. The van der Waals surface area contributed by atoms with Crippen LogP contribution >= 0.6 is 22.9 Å². The maximum absolute atomic E-state index is 13.1. The molecule has 4 rings (SSSR count). The average molecular weight is 533 g/mol. The van der Waals surface area contributed by atoms with Gasteiger partial charge in [-0.2, -0.15) is 0 Å². The lowest BCUT2D eigenvalue weighted by atomic mass is 9.95. The highest BCUT2D eigenvalue weighted by molar-refractivity contribution is 7.92. The van der Waals surface area contributed by atoms with E-state index in [1.54, 1.807) is 12.1 Å². The van der Waals surface area contributed by atoms with Crippen LogP contribution in [0.4, 0.5) is 10.7 Å². The van der Waals surface area contributed by atoms with E-state index in [9.17, 15) is 18.0 Å². The molecule has 1 heterocycles. The average Bonchev–Trinajstić information content (AvgIpc) is 3.15. The van der Waals surface area contributed by atoms with E-state index in [1.165, 1.54) is 36.6 Å². The molecule has 35 heavy (non-hydrogen) atoms.